The van der Waals surface area contributed by atoms with Crippen LogP contribution in [-0.2, 0) is 16.0 Å². The Labute approximate surface area is 247 Å². The van der Waals surface area contributed by atoms with Crippen molar-refractivity contribution in [1.29, 1.82) is 0 Å². The van der Waals surface area contributed by atoms with E-state index in [0.717, 1.165) is 38.3 Å². The number of carbonyl (C=O) groups is 2. The van der Waals surface area contributed by atoms with E-state index in [2.05, 4.69) is 9.69 Å². The molecule has 37 heavy (non-hydrogen) atoms. The number of amides is 1. The van der Waals surface area contributed by atoms with Gasteiger partial charge in [-0.2, -0.15) is 4.37 Å². The van der Waals surface area contributed by atoms with Crippen LogP contribution in [0.1, 0.15) is 35.4 Å². The number of hydrogen-bond acceptors (Lipinski definition) is 6. The number of carboxylic acid groups (broad SMARTS) is 1. The number of carboxylic acids is 1. The SMILES string of the molecule is Cc1cc(-c2ccc(-c3snc(C)c3NC(=O)O[C@H](C)c3ccccc3Cl)cc2)ccc1CC(=O)[O-].[Na+]. The number of hydrogen-bond donors (Lipinski definition) is 1. The minimum absolute atomic E-state index is 0. The van der Waals surface area contributed by atoms with Crippen molar-refractivity contribution >= 4 is 40.9 Å². The van der Waals surface area contributed by atoms with Crippen LogP contribution in [0.15, 0.2) is 66.7 Å². The van der Waals surface area contributed by atoms with Gasteiger partial charge in [-0.05, 0) is 66.2 Å². The largest absolute Gasteiger partial charge is 1.00 e. The summed E-state index contributed by atoms with van der Waals surface area (Å²) in [4.78, 5) is 24.4. The molecule has 4 rings (SSSR count). The van der Waals surface area contributed by atoms with Crippen LogP contribution in [0.5, 0.6) is 0 Å². The van der Waals surface area contributed by atoms with Gasteiger partial charge in [-0.25, -0.2) is 4.79 Å². The van der Waals surface area contributed by atoms with Crippen LogP contribution in [-0.4, -0.2) is 16.4 Å². The first-order valence-electron chi connectivity index (χ1n) is 11.3. The Bertz CT molecular complexity index is 1420. The Morgan fingerprint density at radius 3 is 2.32 bits per heavy atom. The predicted molar refractivity (Wildman–Crippen MR) is 141 cm³/mol. The van der Waals surface area contributed by atoms with Gasteiger partial charge in [-0.1, -0.05) is 72.3 Å². The fourth-order valence-electron chi connectivity index (χ4n) is 3.92. The Kier molecular flexibility index (Phi) is 9.93. The van der Waals surface area contributed by atoms with Gasteiger partial charge in [0.2, 0.25) is 0 Å². The third-order valence-electron chi connectivity index (χ3n) is 5.87. The molecular formula is C28H24ClN2NaO4S. The summed E-state index contributed by atoms with van der Waals surface area (Å²) in [7, 11) is 0. The summed E-state index contributed by atoms with van der Waals surface area (Å²) in [5.41, 5.74) is 6.55. The summed E-state index contributed by atoms with van der Waals surface area (Å²) in [6.07, 6.45) is -1.21. The van der Waals surface area contributed by atoms with Crippen LogP contribution < -0.4 is 40.0 Å². The molecule has 0 aliphatic heterocycles. The molecular weight excluding hydrogens is 519 g/mol. The molecule has 0 radical (unpaired) electrons. The minimum Gasteiger partial charge on any atom is -0.550 e. The van der Waals surface area contributed by atoms with E-state index >= 15 is 0 Å². The molecule has 0 aliphatic carbocycles. The summed E-state index contributed by atoms with van der Waals surface area (Å²) in [6.45, 7) is 5.49. The number of carbonyl (C=O) groups excluding carboxylic acids is 2. The molecule has 1 aromatic heterocycles. The van der Waals surface area contributed by atoms with E-state index in [9.17, 15) is 14.7 Å². The van der Waals surface area contributed by atoms with Crippen molar-refractivity contribution < 1.29 is 49.0 Å². The standard InChI is InChI=1S/C28H25ClN2O4S.Na/c1-16-14-22(13-12-21(16)15-25(32)33)19-8-10-20(11-9-19)27-26(17(2)31-36-27)30-28(34)35-18(3)23-6-4-5-7-24(23)29;/h4-14,18H,15H2,1-3H3,(H,30,34)(H,32,33);/q;+1/p-1/t18-;/m1./s1. The third kappa shape index (κ3) is 7.00. The molecule has 1 N–H and O–H groups in total. The maximum Gasteiger partial charge on any atom is 1.00 e. The van der Waals surface area contributed by atoms with Gasteiger partial charge >= 0.3 is 35.7 Å². The Morgan fingerprint density at radius 2 is 1.68 bits per heavy atom. The molecule has 0 unspecified atom stereocenters. The molecule has 184 valence electrons. The number of nitrogens with zero attached hydrogens (tertiary/aromatic N) is 1. The van der Waals surface area contributed by atoms with E-state index < -0.39 is 18.2 Å². The molecule has 0 spiro atoms. The molecule has 0 bridgehead atoms. The number of benzene rings is 3. The van der Waals surface area contributed by atoms with Gasteiger partial charge in [0.25, 0.3) is 0 Å². The van der Waals surface area contributed by atoms with E-state index in [1.807, 2.05) is 74.5 Å². The fourth-order valence-corrected chi connectivity index (χ4v) is 5.06. The predicted octanol–water partition coefficient (Wildman–Crippen LogP) is 3.35. The van der Waals surface area contributed by atoms with E-state index in [1.54, 1.807) is 13.0 Å². The first-order chi connectivity index (χ1) is 17.2. The van der Waals surface area contributed by atoms with Crippen molar-refractivity contribution in [3.63, 3.8) is 0 Å². The maximum absolute atomic E-state index is 12.7. The first kappa shape index (κ1) is 28.9. The monoisotopic (exact) mass is 542 g/mol. The quantitative estimate of drug-likeness (QED) is 0.362. The van der Waals surface area contributed by atoms with Crippen LogP contribution >= 0.6 is 23.1 Å². The number of rotatable bonds is 7. The molecule has 0 saturated carbocycles. The number of aliphatic carboxylic acids is 1. The molecule has 0 aliphatic rings. The van der Waals surface area contributed by atoms with Crippen LogP contribution in [0.2, 0.25) is 5.02 Å². The van der Waals surface area contributed by atoms with Gasteiger partial charge in [0, 0.05) is 23.0 Å². The fraction of sp³-hybridized carbons (Fsp3) is 0.179. The van der Waals surface area contributed by atoms with Crippen molar-refractivity contribution in [3.05, 3.63) is 94.1 Å². The van der Waals surface area contributed by atoms with Gasteiger partial charge in [-0.15, -0.1) is 0 Å². The van der Waals surface area contributed by atoms with Crippen molar-refractivity contribution in [3.8, 4) is 21.6 Å². The van der Waals surface area contributed by atoms with Crippen LogP contribution in [0.25, 0.3) is 21.6 Å². The summed E-state index contributed by atoms with van der Waals surface area (Å²) in [6, 6.07) is 20.8. The van der Waals surface area contributed by atoms with Crippen molar-refractivity contribution in [2.45, 2.75) is 33.3 Å². The van der Waals surface area contributed by atoms with Gasteiger partial charge in [-0.3, -0.25) is 5.32 Å². The molecule has 1 atom stereocenters. The molecule has 1 heterocycles. The number of anilines is 1. The average molecular weight is 543 g/mol. The smallest absolute Gasteiger partial charge is 0.550 e. The van der Waals surface area contributed by atoms with Gasteiger partial charge in [0.1, 0.15) is 6.10 Å². The van der Waals surface area contributed by atoms with E-state index in [4.69, 9.17) is 16.3 Å². The van der Waals surface area contributed by atoms with Crippen molar-refractivity contribution in [2.75, 3.05) is 5.32 Å². The number of aromatic nitrogens is 1. The first-order valence-corrected chi connectivity index (χ1v) is 12.5. The number of ether oxygens (including phenoxy) is 1. The summed E-state index contributed by atoms with van der Waals surface area (Å²) >= 11 is 7.52. The van der Waals surface area contributed by atoms with Crippen LogP contribution in [0.3, 0.4) is 0 Å². The van der Waals surface area contributed by atoms with E-state index in [0.29, 0.717) is 16.4 Å². The van der Waals surface area contributed by atoms with Crippen LogP contribution in [0.4, 0.5) is 10.5 Å². The summed E-state index contributed by atoms with van der Waals surface area (Å²) in [5.74, 6) is -1.10. The second-order valence-electron chi connectivity index (χ2n) is 8.43. The summed E-state index contributed by atoms with van der Waals surface area (Å²) in [5, 5.41) is 14.3. The number of nitrogens with one attached hydrogen (secondary N) is 1. The number of halogens is 1. The zero-order valence-corrected chi connectivity index (χ0v) is 24.6. The Morgan fingerprint density at radius 1 is 1.03 bits per heavy atom. The van der Waals surface area contributed by atoms with E-state index in [-0.39, 0.29) is 36.0 Å². The second kappa shape index (κ2) is 12.7. The zero-order chi connectivity index (χ0) is 25.8. The Balaban J connectivity index is 0.00000380. The average Bonchev–Trinajstić information content (AvgIpc) is 3.20. The minimum atomic E-state index is -1.10. The van der Waals surface area contributed by atoms with Gasteiger partial charge < -0.3 is 14.6 Å². The maximum atomic E-state index is 12.7. The molecule has 0 saturated heterocycles. The molecule has 4 aromatic rings. The normalized spacial score (nSPS) is 11.4. The second-order valence-corrected chi connectivity index (χ2v) is 9.61. The molecule has 1 amide bonds. The third-order valence-corrected chi connectivity index (χ3v) is 7.21. The molecule has 9 heteroatoms. The molecule has 6 nitrogen and oxygen atoms in total. The zero-order valence-electron chi connectivity index (χ0n) is 21.0. The Hall–Kier alpha value is -2.68. The van der Waals surface area contributed by atoms with Gasteiger partial charge in [0.05, 0.1) is 16.3 Å². The molecule has 0 fully saturated rings. The topological polar surface area (TPSA) is 91.3 Å². The van der Waals surface area contributed by atoms with Gasteiger partial charge in [0.15, 0.2) is 0 Å². The summed E-state index contributed by atoms with van der Waals surface area (Å²) < 4.78 is 9.98. The van der Waals surface area contributed by atoms with Crippen LogP contribution in [0, 0.1) is 13.8 Å². The number of aryl methyl sites for hydroxylation is 2. The molecule has 3 aromatic carbocycles. The van der Waals surface area contributed by atoms with E-state index in [1.165, 1.54) is 11.5 Å². The van der Waals surface area contributed by atoms with Crippen molar-refractivity contribution in [2.24, 2.45) is 0 Å². The van der Waals surface area contributed by atoms with Crippen molar-refractivity contribution in [1.82, 2.24) is 4.37 Å².